The number of nitrogens with zero attached hydrogens (tertiary/aromatic N) is 2. The molecule has 82 valence electrons. The van der Waals surface area contributed by atoms with Crippen molar-refractivity contribution in [1.29, 1.82) is 0 Å². The van der Waals surface area contributed by atoms with Crippen molar-refractivity contribution in [3.05, 3.63) is 48.0 Å². The van der Waals surface area contributed by atoms with Crippen LogP contribution in [0.25, 0.3) is 5.69 Å². The van der Waals surface area contributed by atoms with E-state index in [1.54, 1.807) is 30.6 Å². The molecule has 3 rings (SSSR count). The minimum absolute atomic E-state index is 0.360. The second-order valence-corrected chi connectivity index (χ2v) is 4.15. The van der Waals surface area contributed by atoms with E-state index in [4.69, 9.17) is 0 Å². The van der Waals surface area contributed by atoms with Crippen molar-refractivity contribution in [2.45, 2.75) is 18.4 Å². The van der Waals surface area contributed by atoms with Crippen LogP contribution in [0.4, 0.5) is 4.39 Å². The lowest BCUT2D eigenvalue weighted by atomic mass is 10.1. The molecule has 0 spiro atoms. The fraction of sp³-hybridized carbons (Fsp3) is 0.250. The number of aliphatic hydroxyl groups is 1. The Hall–Kier alpha value is -1.68. The summed E-state index contributed by atoms with van der Waals surface area (Å²) in [5.41, 5.74) is 0.266. The molecule has 1 saturated carbocycles. The summed E-state index contributed by atoms with van der Waals surface area (Å²) in [6.07, 6.45) is 4.72. The molecule has 1 aromatic heterocycles. The molecule has 2 aromatic rings. The maximum atomic E-state index is 13.8. The molecule has 1 aliphatic rings. The molecule has 0 saturated heterocycles. The van der Waals surface area contributed by atoms with Gasteiger partial charge in [0.2, 0.25) is 0 Å². The summed E-state index contributed by atoms with van der Waals surface area (Å²) in [6, 6.07) is 6.53. The van der Waals surface area contributed by atoms with Crippen molar-refractivity contribution >= 4 is 0 Å². The van der Waals surface area contributed by atoms with E-state index < -0.39 is 5.60 Å². The van der Waals surface area contributed by atoms with Crippen LogP contribution >= 0.6 is 0 Å². The topological polar surface area (TPSA) is 38.0 Å². The Labute approximate surface area is 92.1 Å². The van der Waals surface area contributed by atoms with Gasteiger partial charge in [-0.15, -0.1) is 0 Å². The predicted molar refractivity (Wildman–Crippen MR) is 56.7 cm³/mol. The summed E-state index contributed by atoms with van der Waals surface area (Å²) < 4.78 is 15.3. The van der Waals surface area contributed by atoms with Gasteiger partial charge in [-0.05, 0) is 36.6 Å². The van der Waals surface area contributed by atoms with E-state index >= 15 is 0 Å². The molecule has 0 radical (unpaired) electrons. The van der Waals surface area contributed by atoms with Gasteiger partial charge in [0.15, 0.2) is 0 Å². The summed E-state index contributed by atoms with van der Waals surface area (Å²) in [5, 5.41) is 13.8. The highest BCUT2D eigenvalue weighted by Crippen LogP contribution is 2.45. The molecule has 16 heavy (non-hydrogen) atoms. The van der Waals surface area contributed by atoms with Gasteiger partial charge >= 0.3 is 0 Å². The van der Waals surface area contributed by atoms with E-state index in [0.717, 1.165) is 0 Å². The van der Waals surface area contributed by atoms with Crippen molar-refractivity contribution in [1.82, 2.24) is 9.78 Å². The lowest BCUT2D eigenvalue weighted by Gasteiger charge is -2.10. The Morgan fingerprint density at radius 1 is 1.38 bits per heavy atom. The first kappa shape index (κ1) is 9.54. The Bertz CT molecular complexity index is 518. The predicted octanol–water partition coefficient (Wildman–Crippen LogP) is 1.99. The average Bonchev–Trinajstić information content (AvgIpc) is 2.82. The standard InChI is InChI=1S/C12H11FN2O/c13-10-8-9(12(16)4-5-12)2-3-11(10)15-7-1-6-14-15/h1-3,6-8,16H,4-5H2. The molecule has 1 fully saturated rings. The summed E-state index contributed by atoms with van der Waals surface area (Å²) in [7, 11) is 0. The van der Waals surface area contributed by atoms with Crippen LogP contribution < -0.4 is 0 Å². The van der Waals surface area contributed by atoms with Crippen LogP contribution in [0.2, 0.25) is 0 Å². The lowest BCUT2D eigenvalue weighted by molar-refractivity contribution is 0.151. The molecule has 0 amide bonds. The van der Waals surface area contributed by atoms with Crippen molar-refractivity contribution in [3.63, 3.8) is 0 Å². The minimum Gasteiger partial charge on any atom is -0.385 e. The highest BCUT2D eigenvalue weighted by molar-refractivity contribution is 5.39. The highest BCUT2D eigenvalue weighted by Gasteiger charge is 2.42. The van der Waals surface area contributed by atoms with Crippen LogP contribution in [0.1, 0.15) is 18.4 Å². The van der Waals surface area contributed by atoms with Gasteiger partial charge in [-0.2, -0.15) is 5.10 Å². The smallest absolute Gasteiger partial charge is 0.149 e. The second-order valence-electron chi connectivity index (χ2n) is 4.15. The van der Waals surface area contributed by atoms with Gasteiger partial charge < -0.3 is 5.11 Å². The summed E-state index contributed by atoms with van der Waals surface area (Å²) >= 11 is 0. The number of hydrogen-bond acceptors (Lipinski definition) is 2. The zero-order valence-corrected chi connectivity index (χ0v) is 8.60. The minimum atomic E-state index is -0.788. The van der Waals surface area contributed by atoms with Crippen LogP contribution in [0.5, 0.6) is 0 Å². The molecule has 1 aliphatic carbocycles. The van der Waals surface area contributed by atoms with Gasteiger partial charge in [0.25, 0.3) is 0 Å². The zero-order chi connectivity index (χ0) is 11.2. The van der Waals surface area contributed by atoms with Crippen LogP contribution in [0, 0.1) is 5.82 Å². The van der Waals surface area contributed by atoms with Crippen LogP contribution in [0.15, 0.2) is 36.7 Å². The largest absolute Gasteiger partial charge is 0.385 e. The molecule has 3 nitrogen and oxygen atoms in total. The molecule has 0 bridgehead atoms. The first-order chi connectivity index (χ1) is 7.69. The number of halogens is 1. The summed E-state index contributed by atoms with van der Waals surface area (Å²) in [5.74, 6) is -0.360. The highest BCUT2D eigenvalue weighted by atomic mass is 19.1. The molecule has 0 unspecified atom stereocenters. The maximum absolute atomic E-state index is 13.8. The van der Waals surface area contributed by atoms with Gasteiger partial charge in [-0.1, -0.05) is 6.07 Å². The Morgan fingerprint density at radius 3 is 2.75 bits per heavy atom. The second kappa shape index (κ2) is 3.15. The van der Waals surface area contributed by atoms with Crippen molar-refractivity contribution in [2.75, 3.05) is 0 Å². The van der Waals surface area contributed by atoms with Gasteiger partial charge in [-0.25, -0.2) is 9.07 Å². The third-order valence-corrected chi connectivity index (χ3v) is 2.96. The SMILES string of the molecule is OC1(c2ccc(-n3cccn3)c(F)c2)CC1. The molecule has 1 N–H and O–H groups in total. The van der Waals surface area contributed by atoms with E-state index in [9.17, 15) is 9.50 Å². The van der Waals surface area contributed by atoms with E-state index in [0.29, 0.717) is 24.1 Å². The molecular formula is C12H11FN2O. The third-order valence-electron chi connectivity index (χ3n) is 2.96. The van der Waals surface area contributed by atoms with Gasteiger partial charge in [0, 0.05) is 12.4 Å². The zero-order valence-electron chi connectivity index (χ0n) is 8.60. The van der Waals surface area contributed by atoms with Crippen LogP contribution in [-0.4, -0.2) is 14.9 Å². The Balaban J connectivity index is 2.04. The number of benzene rings is 1. The van der Waals surface area contributed by atoms with Crippen LogP contribution in [0.3, 0.4) is 0 Å². The number of aromatic nitrogens is 2. The average molecular weight is 218 g/mol. The van der Waals surface area contributed by atoms with Crippen molar-refractivity contribution in [3.8, 4) is 5.69 Å². The molecule has 0 aliphatic heterocycles. The summed E-state index contributed by atoms with van der Waals surface area (Å²) in [4.78, 5) is 0. The van der Waals surface area contributed by atoms with Crippen LogP contribution in [-0.2, 0) is 5.60 Å². The Morgan fingerprint density at radius 2 is 2.19 bits per heavy atom. The summed E-state index contributed by atoms with van der Waals surface area (Å²) in [6.45, 7) is 0. The maximum Gasteiger partial charge on any atom is 0.149 e. The molecule has 1 aromatic carbocycles. The van der Waals surface area contributed by atoms with E-state index in [2.05, 4.69) is 5.10 Å². The third kappa shape index (κ3) is 1.42. The molecule has 1 heterocycles. The Kier molecular flexibility index (Phi) is 1.88. The fourth-order valence-corrected chi connectivity index (χ4v) is 1.80. The lowest BCUT2D eigenvalue weighted by Crippen LogP contribution is -2.06. The molecular weight excluding hydrogens is 207 g/mol. The van der Waals surface area contributed by atoms with Gasteiger partial charge in [0.05, 0.1) is 5.60 Å². The van der Waals surface area contributed by atoms with Gasteiger partial charge in [0.1, 0.15) is 11.5 Å². The van der Waals surface area contributed by atoms with Gasteiger partial charge in [-0.3, -0.25) is 0 Å². The number of hydrogen-bond donors (Lipinski definition) is 1. The normalized spacial score (nSPS) is 17.4. The fourth-order valence-electron chi connectivity index (χ4n) is 1.80. The van der Waals surface area contributed by atoms with E-state index in [1.807, 2.05) is 0 Å². The van der Waals surface area contributed by atoms with Crippen molar-refractivity contribution in [2.24, 2.45) is 0 Å². The van der Waals surface area contributed by atoms with E-state index in [-0.39, 0.29) is 5.82 Å². The number of rotatable bonds is 2. The quantitative estimate of drug-likeness (QED) is 0.837. The van der Waals surface area contributed by atoms with Crippen molar-refractivity contribution < 1.29 is 9.50 Å². The molecule has 0 atom stereocenters. The monoisotopic (exact) mass is 218 g/mol. The first-order valence-electron chi connectivity index (χ1n) is 5.21. The molecule has 4 heteroatoms. The first-order valence-corrected chi connectivity index (χ1v) is 5.21. The van der Waals surface area contributed by atoms with E-state index in [1.165, 1.54) is 10.7 Å².